The van der Waals surface area contributed by atoms with Gasteiger partial charge in [-0.1, -0.05) is 0 Å². The molecule has 5 nitrogen and oxygen atoms in total. The van der Waals surface area contributed by atoms with Crippen LogP contribution in [-0.4, -0.2) is 27.8 Å². The monoisotopic (exact) mass is 256 g/mol. The predicted molar refractivity (Wildman–Crippen MR) is 69.9 cm³/mol. The Hall–Kier alpha value is -2.40. The van der Waals surface area contributed by atoms with Gasteiger partial charge in [-0.25, -0.2) is 0 Å². The molecule has 1 aromatic carbocycles. The van der Waals surface area contributed by atoms with Crippen molar-refractivity contribution in [2.24, 2.45) is 0 Å². The number of hydrogen-bond donors (Lipinski definition) is 1. The number of hydrogen-bond acceptors (Lipinski definition) is 4. The molecule has 2 aromatic heterocycles. The number of furan rings is 1. The molecule has 0 radical (unpaired) electrons. The average molecular weight is 256 g/mol. The molecular weight excluding hydrogens is 244 g/mol. The molecule has 2 heterocycles. The third-order valence-electron chi connectivity index (χ3n) is 2.91. The largest absolute Gasteiger partial charge is 0.453 e. The Morgan fingerprint density at radius 2 is 2.21 bits per heavy atom. The molecule has 19 heavy (non-hydrogen) atoms. The van der Waals surface area contributed by atoms with Crippen molar-refractivity contribution in [3.05, 3.63) is 42.3 Å². The molecule has 0 fully saturated rings. The lowest BCUT2D eigenvalue weighted by molar-refractivity contribution is 0.110. The molecule has 0 unspecified atom stereocenters. The molecule has 1 N–H and O–H groups in total. The highest BCUT2D eigenvalue weighted by Crippen LogP contribution is 2.25. The van der Waals surface area contributed by atoms with Crippen molar-refractivity contribution < 1.29 is 14.3 Å². The van der Waals surface area contributed by atoms with Crippen molar-refractivity contribution in [1.82, 2.24) is 9.78 Å². The van der Waals surface area contributed by atoms with E-state index in [4.69, 9.17) is 9.52 Å². The van der Waals surface area contributed by atoms with E-state index in [-0.39, 0.29) is 6.61 Å². The lowest BCUT2D eigenvalue weighted by atomic mass is 10.1. The number of fused-ring (bicyclic) bond motifs is 1. The molecule has 0 saturated heterocycles. The first-order valence-corrected chi connectivity index (χ1v) is 5.93. The molecule has 0 amide bonds. The molecule has 0 atom stereocenters. The molecule has 0 saturated carbocycles. The van der Waals surface area contributed by atoms with Gasteiger partial charge in [0.05, 0.1) is 18.7 Å². The summed E-state index contributed by atoms with van der Waals surface area (Å²) >= 11 is 0. The SMILES string of the molecule is O=Cc1ccc(-c2ccc3nn(CCO)cc3c2)o1. The number of benzene rings is 1. The van der Waals surface area contributed by atoms with Crippen LogP contribution in [0.1, 0.15) is 10.6 Å². The lowest BCUT2D eigenvalue weighted by Gasteiger charge is -1.95. The minimum atomic E-state index is 0.0573. The third-order valence-corrected chi connectivity index (χ3v) is 2.91. The van der Waals surface area contributed by atoms with Crippen molar-refractivity contribution >= 4 is 17.2 Å². The Kier molecular flexibility index (Phi) is 2.89. The fraction of sp³-hybridized carbons (Fsp3) is 0.143. The number of aliphatic hydroxyl groups is 1. The topological polar surface area (TPSA) is 68.3 Å². The van der Waals surface area contributed by atoms with Crippen LogP contribution in [0.3, 0.4) is 0 Å². The number of aliphatic hydroxyl groups excluding tert-OH is 1. The number of nitrogens with zero attached hydrogens (tertiary/aromatic N) is 2. The van der Waals surface area contributed by atoms with Gasteiger partial charge in [-0.05, 0) is 30.3 Å². The highest BCUT2D eigenvalue weighted by molar-refractivity contribution is 5.83. The van der Waals surface area contributed by atoms with E-state index in [1.54, 1.807) is 16.8 Å². The van der Waals surface area contributed by atoms with Crippen LogP contribution in [0.25, 0.3) is 22.2 Å². The van der Waals surface area contributed by atoms with Gasteiger partial charge in [0.2, 0.25) is 0 Å². The number of aldehydes is 1. The van der Waals surface area contributed by atoms with Gasteiger partial charge in [0.1, 0.15) is 5.76 Å². The Morgan fingerprint density at radius 3 is 2.95 bits per heavy atom. The van der Waals surface area contributed by atoms with E-state index >= 15 is 0 Å². The fourth-order valence-electron chi connectivity index (χ4n) is 2.02. The molecular formula is C14H12N2O3. The second-order valence-electron chi connectivity index (χ2n) is 4.21. The Balaban J connectivity index is 2.02. The number of rotatable bonds is 4. The summed E-state index contributed by atoms with van der Waals surface area (Å²) in [6, 6.07) is 9.14. The van der Waals surface area contributed by atoms with Crippen LogP contribution in [0.2, 0.25) is 0 Å². The normalized spacial score (nSPS) is 11.0. The lowest BCUT2D eigenvalue weighted by Crippen LogP contribution is -2.01. The van der Waals surface area contributed by atoms with Crippen molar-refractivity contribution in [2.75, 3.05) is 6.61 Å². The van der Waals surface area contributed by atoms with Gasteiger partial charge in [-0.15, -0.1) is 0 Å². The van der Waals surface area contributed by atoms with Gasteiger partial charge < -0.3 is 9.52 Å². The summed E-state index contributed by atoms with van der Waals surface area (Å²) in [5, 5.41) is 14.2. The molecule has 5 heteroatoms. The van der Waals surface area contributed by atoms with E-state index in [1.165, 1.54) is 0 Å². The number of aromatic nitrogens is 2. The van der Waals surface area contributed by atoms with Crippen molar-refractivity contribution in [2.45, 2.75) is 6.54 Å². The van der Waals surface area contributed by atoms with Crippen LogP contribution >= 0.6 is 0 Å². The highest BCUT2D eigenvalue weighted by atomic mass is 16.3. The minimum Gasteiger partial charge on any atom is -0.453 e. The summed E-state index contributed by atoms with van der Waals surface area (Å²) in [5.41, 5.74) is 1.75. The van der Waals surface area contributed by atoms with Gasteiger partial charge in [-0.2, -0.15) is 5.10 Å². The standard InChI is InChI=1S/C14H12N2O3/c17-6-5-16-8-11-7-10(1-3-13(11)15-16)14-4-2-12(9-18)19-14/h1-4,7-9,17H,5-6H2. The summed E-state index contributed by atoms with van der Waals surface area (Å²) in [4.78, 5) is 10.6. The Labute approximate surface area is 109 Å². The summed E-state index contributed by atoms with van der Waals surface area (Å²) in [6.45, 7) is 0.530. The summed E-state index contributed by atoms with van der Waals surface area (Å²) in [7, 11) is 0. The van der Waals surface area contributed by atoms with Crippen molar-refractivity contribution in [3.63, 3.8) is 0 Å². The maximum Gasteiger partial charge on any atom is 0.185 e. The van der Waals surface area contributed by atoms with Gasteiger partial charge >= 0.3 is 0 Å². The van der Waals surface area contributed by atoms with E-state index in [2.05, 4.69) is 5.10 Å². The molecule has 0 aliphatic rings. The van der Waals surface area contributed by atoms with E-state index in [0.717, 1.165) is 16.5 Å². The van der Waals surface area contributed by atoms with Crippen LogP contribution in [0.15, 0.2) is 40.9 Å². The second kappa shape index (κ2) is 4.70. The minimum absolute atomic E-state index is 0.0573. The van der Waals surface area contributed by atoms with E-state index in [1.807, 2.05) is 24.4 Å². The summed E-state index contributed by atoms with van der Waals surface area (Å²) < 4.78 is 7.09. The van der Waals surface area contributed by atoms with Crippen LogP contribution in [0, 0.1) is 0 Å². The van der Waals surface area contributed by atoms with Gasteiger partial charge in [0.25, 0.3) is 0 Å². The molecule has 0 aliphatic carbocycles. The smallest absolute Gasteiger partial charge is 0.185 e. The summed E-state index contributed by atoms with van der Waals surface area (Å²) in [6.07, 6.45) is 2.56. The first-order chi connectivity index (χ1) is 9.30. The molecule has 0 spiro atoms. The summed E-state index contributed by atoms with van der Waals surface area (Å²) in [5.74, 6) is 0.963. The molecule has 0 bridgehead atoms. The maximum absolute atomic E-state index is 10.6. The quantitative estimate of drug-likeness (QED) is 0.726. The van der Waals surface area contributed by atoms with Crippen LogP contribution in [0.5, 0.6) is 0 Å². The van der Waals surface area contributed by atoms with Gasteiger partial charge in [0, 0.05) is 17.1 Å². The maximum atomic E-state index is 10.6. The zero-order valence-electron chi connectivity index (χ0n) is 10.1. The van der Waals surface area contributed by atoms with Gasteiger partial charge in [0.15, 0.2) is 12.0 Å². The van der Waals surface area contributed by atoms with E-state index < -0.39 is 0 Å². The Bertz CT molecular complexity index is 727. The van der Waals surface area contributed by atoms with E-state index in [0.29, 0.717) is 24.4 Å². The third kappa shape index (κ3) is 2.15. The van der Waals surface area contributed by atoms with Crippen LogP contribution < -0.4 is 0 Å². The van der Waals surface area contributed by atoms with Crippen molar-refractivity contribution in [1.29, 1.82) is 0 Å². The number of carbonyl (C=O) groups is 1. The average Bonchev–Trinajstić information content (AvgIpc) is 3.04. The fourth-order valence-corrected chi connectivity index (χ4v) is 2.02. The molecule has 0 aliphatic heterocycles. The number of carbonyl (C=O) groups excluding carboxylic acids is 1. The Morgan fingerprint density at radius 1 is 1.32 bits per heavy atom. The molecule has 3 aromatic rings. The van der Waals surface area contributed by atoms with Gasteiger partial charge in [-0.3, -0.25) is 9.48 Å². The van der Waals surface area contributed by atoms with Crippen LogP contribution in [0.4, 0.5) is 0 Å². The second-order valence-corrected chi connectivity index (χ2v) is 4.21. The first-order valence-electron chi connectivity index (χ1n) is 5.93. The zero-order chi connectivity index (χ0) is 13.2. The zero-order valence-corrected chi connectivity index (χ0v) is 10.1. The first kappa shape index (κ1) is 11.7. The predicted octanol–water partition coefficient (Wildman–Crippen LogP) is 2.10. The van der Waals surface area contributed by atoms with Crippen LogP contribution in [-0.2, 0) is 6.54 Å². The molecule has 3 rings (SSSR count). The van der Waals surface area contributed by atoms with Crippen molar-refractivity contribution in [3.8, 4) is 11.3 Å². The molecule has 96 valence electrons. The highest BCUT2D eigenvalue weighted by Gasteiger charge is 2.07. The van der Waals surface area contributed by atoms with E-state index in [9.17, 15) is 4.79 Å².